The Morgan fingerprint density at radius 3 is 2.70 bits per heavy atom. The van der Waals surface area contributed by atoms with Gasteiger partial charge in [-0.1, -0.05) is 26.8 Å². The van der Waals surface area contributed by atoms with Crippen LogP contribution in [0.2, 0.25) is 0 Å². The van der Waals surface area contributed by atoms with E-state index >= 15 is 0 Å². The number of urea groups is 1. The van der Waals surface area contributed by atoms with Crippen LogP contribution in [0.4, 0.5) is 4.79 Å². The van der Waals surface area contributed by atoms with Gasteiger partial charge in [0, 0.05) is 33.4 Å². The minimum Gasteiger partial charge on any atom is -0.350 e. The van der Waals surface area contributed by atoms with Crippen LogP contribution in [0.3, 0.4) is 0 Å². The molecule has 3 amide bonds. The molecule has 2 aromatic heterocycles. The average Bonchev–Trinajstić information content (AvgIpc) is 3.22. The van der Waals surface area contributed by atoms with Crippen LogP contribution in [0, 0.1) is 5.41 Å². The summed E-state index contributed by atoms with van der Waals surface area (Å²) in [5, 5.41) is 2.98. The standard InChI is InChI=1S/C20H29N5O2/c1-20(2,3)13-21-18(26)16-14-9-6-7-11-24(14)17(22-16)15-10-8-12-25(15)19(27)23(4)5/h6-7,9,11,15H,8,10,12-13H2,1-5H3,(H,21,26). The van der Waals surface area contributed by atoms with Crippen LogP contribution in [0.1, 0.15) is 56.0 Å². The predicted octanol–water partition coefficient (Wildman–Crippen LogP) is 2.93. The van der Waals surface area contributed by atoms with Gasteiger partial charge in [0.05, 0.1) is 11.6 Å². The lowest BCUT2D eigenvalue weighted by Crippen LogP contribution is -2.39. The highest BCUT2D eigenvalue weighted by atomic mass is 16.2. The Kier molecular flexibility index (Phi) is 5.13. The van der Waals surface area contributed by atoms with Gasteiger partial charge in [0.15, 0.2) is 5.69 Å². The fourth-order valence-corrected chi connectivity index (χ4v) is 3.41. The van der Waals surface area contributed by atoms with Crippen molar-refractivity contribution in [3.63, 3.8) is 0 Å². The SMILES string of the molecule is CN(C)C(=O)N1CCCC1c1nc(C(=O)NCC(C)(C)C)c2ccccn12. The molecule has 0 spiro atoms. The summed E-state index contributed by atoms with van der Waals surface area (Å²) in [6.07, 6.45) is 3.68. The number of carbonyl (C=O) groups excluding carboxylic acids is 2. The molecule has 146 valence electrons. The number of nitrogens with zero attached hydrogens (tertiary/aromatic N) is 4. The molecule has 0 bridgehead atoms. The first kappa shape index (κ1) is 19.2. The van der Waals surface area contributed by atoms with Gasteiger partial charge in [-0.3, -0.25) is 4.79 Å². The Bertz CT molecular complexity index is 850. The van der Waals surface area contributed by atoms with E-state index < -0.39 is 0 Å². The van der Waals surface area contributed by atoms with E-state index in [1.54, 1.807) is 19.0 Å². The van der Waals surface area contributed by atoms with Crippen molar-refractivity contribution in [1.82, 2.24) is 24.5 Å². The van der Waals surface area contributed by atoms with Gasteiger partial charge < -0.3 is 19.5 Å². The second-order valence-corrected chi connectivity index (χ2v) is 8.55. The maximum Gasteiger partial charge on any atom is 0.320 e. The summed E-state index contributed by atoms with van der Waals surface area (Å²) < 4.78 is 1.94. The summed E-state index contributed by atoms with van der Waals surface area (Å²) in [5.41, 5.74) is 1.18. The van der Waals surface area contributed by atoms with Gasteiger partial charge in [0.1, 0.15) is 5.82 Å². The van der Waals surface area contributed by atoms with Gasteiger partial charge in [-0.2, -0.15) is 0 Å². The first-order chi connectivity index (χ1) is 12.7. The highest BCUT2D eigenvalue weighted by Gasteiger charge is 2.35. The van der Waals surface area contributed by atoms with Gasteiger partial charge >= 0.3 is 6.03 Å². The van der Waals surface area contributed by atoms with Crippen LogP contribution in [-0.4, -0.2) is 58.3 Å². The second-order valence-electron chi connectivity index (χ2n) is 8.55. The van der Waals surface area contributed by atoms with Crippen LogP contribution >= 0.6 is 0 Å². The van der Waals surface area contributed by atoms with E-state index in [0.717, 1.165) is 24.2 Å². The van der Waals surface area contributed by atoms with Crippen LogP contribution in [0.15, 0.2) is 24.4 Å². The summed E-state index contributed by atoms with van der Waals surface area (Å²) >= 11 is 0. The normalized spacial score (nSPS) is 17.4. The molecule has 0 aliphatic carbocycles. The molecule has 1 atom stereocenters. The first-order valence-electron chi connectivity index (χ1n) is 9.42. The molecule has 27 heavy (non-hydrogen) atoms. The van der Waals surface area contributed by atoms with E-state index in [2.05, 4.69) is 26.1 Å². The maximum absolute atomic E-state index is 12.8. The second kappa shape index (κ2) is 7.21. The fourth-order valence-electron chi connectivity index (χ4n) is 3.41. The van der Waals surface area contributed by atoms with Crippen LogP contribution < -0.4 is 5.32 Å². The molecular formula is C20H29N5O2. The van der Waals surface area contributed by atoms with Crippen LogP contribution in [-0.2, 0) is 0 Å². The molecule has 1 aliphatic rings. The number of amides is 3. The zero-order valence-electron chi connectivity index (χ0n) is 16.8. The molecule has 2 aromatic rings. The molecule has 3 rings (SSSR count). The third-order valence-corrected chi connectivity index (χ3v) is 4.75. The van der Waals surface area contributed by atoms with Crippen molar-refractivity contribution in [3.05, 3.63) is 35.9 Å². The summed E-state index contributed by atoms with van der Waals surface area (Å²) in [4.78, 5) is 33.5. The quantitative estimate of drug-likeness (QED) is 0.902. The van der Waals surface area contributed by atoms with E-state index in [1.807, 2.05) is 33.7 Å². The number of fused-ring (bicyclic) bond motifs is 1. The highest BCUT2D eigenvalue weighted by Crippen LogP contribution is 2.33. The lowest BCUT2D eigenvalue weighted by molar-refractivity contribution is 0.0936. The van der Waals surface area contributed by atoms with Crippen LogP contribution in [0.5, 0.6) is 0 Å². The lowest BCUT2D eigenvalue weighted by Gasteiger charge is -2.27. The minimum atomic E-state index is -0.177. The monoisotopic (exact) mass is 371 g/mol. The van der Waals surface area contributed by atoms with E-state index in [4.69, 9.17) is 4.98 Å². The number of imidazole rings is 1. The number of carbonyl (C=O) groups is 2. The van der Waals surface area contributed by atoms with E-state index in [1.165, 1.54) is 0 Å². The third kappa shape index (κ3) is 3.91. The largest absolute Gasteiger partial charge is 0.350 e. The first-order valence-corrected chi connectivity index (χ1v) is 9.42. The summed E-state index contributed by atoms with van der Waals surface area (Å²) in [6, 6.07) is 5.57. The number of aromatic nitrogens is 2. The Balaban J connectivity index is 1.97. The highest BCUT2D eigenvalue weighted by molar-refractivity contribution is 5.99. The molecule has 0 aromatic carbocycles. The van der Waals surface area contributed by atoms with Gasteiger partial charge in [-0.05, 0) is 30.4 Å². The Morgan fingerprint density at radius 1 is 1.30 bits per heavy atom. The number of pyridine rings is 1. The summed E-state index contributed by atoms with van der Waals surface area (Å²) in [6.45, 7) is 7.50. The maximum atomic E-state index is 12.8. The van der Waals surface area contributed by atoms with Gasteiger partial charge in [-0.15, -0.1) is 0 Å². The Morgan fingerprint density at radius 2 is 2.04 bits per heavy atom. The molecule has 1 fully saturated rings. The average molecular weight is 371 g/mol. The fraction of sp³-hybridized carbons (Fsp3) is 0.550. The zero-order chi connectivity index (χ0) is 19.8. The van der Waals surface area contributed by atoms with Crippen molar-refractivity contribution >= 4 is 17.5 Å². The van der Waals surface area contributed by atoms with Crippen molar-refractivity contribution < 1.29 is 9.59 Å². The molecule has 7 heteroatoms. The Hall–Kier alpha value is -2.57. The van der Waals surface area contributed by atoms with Crippen molar-refractivity contribution in [2.45, 2.75) is 39.7 Å². The lowest BCUT2D eigenvalue weighted by atomic mass is 9.97. The molecule has 1 unspecified atom stereocenters. The van der Waals surface area contributed by atoms with Crippen molar-refractivity contribution in [2.24, 2.45) is 5.41 Å². The van der Waals surface area contributed by atoms with Gasteiger partial charge in [0.25, 0.3) is 5.91 Å². The van der Waals surface area contributed by atoms with Gasteiger partial charge in [-0.25, -0.2) is 9.78 Å². The topological polar surface area (TPSA) is 70.0 Å². The van der Waals surface area contributed by atoms with Crippen LogP contribution in [0.25, 0.3) is 5.52 Å². The van der Waals surface area contributed by atoms with Crippen molar-refractivity contribution in [2.75, 3.05) is 27.2 Å². The zero-order valence-corrected chi connectivity index (χ0v) is 16.8. The summed E-state index contributed by atoms with van der Waals surface area (Å²) in [7, 11) is 3.51. The minimum absolute atomic E-state index is 0.00554. The number of hydrogen-bond acceptors (Lipinski definition) is 3. The molecular weight excluding hydrogens is 342 g/mol. The van der Waals surface area contributed by atoms with Crippen molar-refractivity contribution in [3.8, 4) is 0 Å². The summed E-state index contributed by atoms with van der Waals surface area (Å²) in [5.74, 6) is 0.572. The molecule has 1 saturated heterocycles. The predicted molar refractivity (Wildman–Crippen MR) is 105 cm³/mol. The molecule has 1 N–H and O–H groups in total. The number of nitrogens with one attached hydrogen (secondary N) is 1. The molecule has 0 radical (unpaired) electrons. The third-order valence-electron chi connectivity index (χ3n) is 4.75. The van der Waals surface area contributed by atoms with E-state index in [0.29, 0.717) is 18.8 Å². The Labute approximate surface area is 160 Å². The molecule has 1 aliphatic heterocycles. The molecule has 0 saturated carbocycles. The van der Waals surface area contributed by atoms with E-state index in [-0.39, 0.29) is 23.4 Å². The van der Waals surface area contributed by atoms with E-state index in [9.17, 15) is 9.59 Å². The number of likely N-dealkylation sites (tertiary alicyclic amines) is 1. The molecule has 7 nitrogen and oxygen atoms in total. The van der Waals surface area contributed by atoms with Crippen molar-refractivity contribution in [1.29, 1.82) is 0 Å². The van der Waals surface area contributed by atoms with Gasteiger partial charge in [0.2, 0.25) is 0 Å². The smallest absolute Gasteiger partial charge is 0.320 e. The molecule has 3 heterocycles. The number of hydrogen-bond donors (Lipinski definition) is 1. The number of rotatable bonds is 3.